The molecule has 0 aliphatic heterocycles. The molecule has 4 nitrogen and oxygen atoms in total. The molecule has 114 valence electrons. The molecule has 2 rings (SSSR count). The Labute approximate surface area is 131 Å². The lowest BCUT2D eigenvalue weighted by Gasteiger charge is -2.26. The van der Waals surface area contributed by atoms with Gasteiger partial charge < -0.3 is 9.80 Å². The molecule has 0 saturated heterocycles. The lowest BCUT2D eigenvalue weighted by Crippen LogP contribution is -2.42. The molecule has 0 aromatic heterocycles. The summed E-state index contributed by atoms with van der Waals surface area (Å²) in [7, 11) is 0. The van der Waals surface area contributed by atoms with Gasteiger partial charge in [-0.05, 0) is 31.2 Å². The van der Waals surface area contributed by atoms with Gasteiger partial charge in [0.05, 0.1) is 0 Å². The number of hydrogen-bond acceptors (Lipinski definition) is 2. The third-order valence-corrected chi connectivity index (χ3v) is 3.43. The minimum atomic E-state index is -0.149. The molecule has 0 aliphatic carbocycles. The van der Waals surface area contributed by atoms with Crippen LogP contribution in [0, 0.1) is 0 Å². The summed E-state index contributed by atoms with van der Waals surface area (Å²) >= 11 is 0. The highest BCUT2D eigenvalue weighted by molar-refractivity contribution is 6.02. The Morgan fingerprint density at radius 1 is 0.818 bits per heavy atom. The molecule has 0 bridgehead atoms. The molecule has 4 heteroatoms. The maximum atomic E-state index is 12.6. The lowest BCUT2D eigenvalue weighted by molar-refractivity contribution is -0.121. The zero-order valence-corrected chi connectivity index (χ0v) is 12.9. The molecular formula is C18H20N2O2. The number of benzene rings is 2. The van der Waals surface area contributed by atoms with E-state index in [1.807, 2.05) is 67.6 Å². The summed E-state index contributed by atoms with van der Waals surface area (Å²) in [6, 6.07) is 18.7. The summed E-state index contributed by atoms with van der Waals surface area (Å²) < 4.78 is 0. The second-order valence-electron chi connectivity index (χ2n) is 4.91. The molecule has 2 aromatic rings. The van der Waals surface area contributed by atoms with Gasteiger partial charge in [0.2, 0.25) is 11.8 Å². The van der Waals surface area contributed by atoms with E-state index in [1.54, 1.807) is 4.90 Å². The second-order valence-corrected chi connectivity index (χ2v) is 4.91. The van der Waals surface area contributed by atoms with E-state index in [0.717, 1.165) is 11.4 Å². The zero-order valence-electron chi connectivity index (χ0n) is 12.9. The Balaban J connectivity index is 2.19. The van der Waals surface area contributed by atoms with Crippen LogP contribution in [0.1, 0.15) is 13.8 Å². The number of amides is 2. The van der Waals surface area contributed by atoms with Gasteiger partial charge in [0.25, 0.3) is 0 Å². The fourth-order valence-electron chi connectivity index (χ4n) is 2.32. The average molecular weight is 296 g/mol. The SMILES string of the molecule is CCN(C(=O)CN(C(C)=O)c1ccccc1)c1ccccc1. The molecule has 22 heavy (non-hydrogen) atoms. The monoisotopic (exact) mass is 296 g/mol. The third-order valence-electron chi connectivity index (χ3n) is 3.43. The maximum Gasteiger partial charge on any atom is 0.247 e. The topological polar surface area (TPSA) is 40.6 Å². The highest BCUT2D eigenvalue weighted by Crippen LogP contribution is 2.17. The van der Waals surface area contributed by atoms with Crippen molar-refractivity contribution >= 4 is 23.2 Å². The summed E-state index contributed by atoms with van der Waals surface area (Å²) in [5, 5.41) is 0. The zero-order chi connectivity index (χ0) is 15.9. The second kappa shape index (κ2) is 7.41. The summed E-state index contributed by atoms with van der Waals surface area (Å²) in [6.07, 6.45) is 0. The first-order chi connectivity index (χ1) is 10.6. The highest BCUT2D eigenvalue weighted by Gasteiger charge is 2.20. The fraction of sp³-hybridized carbons (Fsp3) is 0.222. The standard InChI is InChI=1S/C18H20N2O2/c1-3-19(16-10-6-4-7-11-16)18(22)14-20(15(2)21)17-12-8-5-9-13-17/h4-13H,3,14H2,1-2H3. The van der Waals surface area contributed by atoms with E-state index >= 15 is 0 Å². The van der Waals surface area contributed by atoms with E-state index in [0.29, 0.717) is 6.54 Å². The van der Waals surface area contributed by atoms with Crippen LogP contribution < -0.4 is 9.80 Å². The van der Waals surface area contributed by atoms with Crippen molar-refractivity contribution < 1.29 is 9.59 Å². The minimum absolute atomic E-state index is 0.0298. The normalized spacial score (nSPS) is 10.1. The van der Waals surface area contributed by atoms with Crippen LogP contribution in [0.15, 0.2) is 60.7 Å². The van der Waals surface area contributed by atoms with Crippen LogP contribution in [-0.4, -0.2) is 24.9 Å². The molecule has 2 amide bonds. The number of rotatable bonds is 5. The Hall–Kier alpha value is -2.62. The maximum absolute atomic E-state index is 12.6. The van der Waals surface area contributed by atoms with Crippen LogP contribution in [-0.2, 0) is 9.59 Å². The van der Waals surface area contributed by atoms with E-state index in [4.69, 9.17) is 0 Å². The Kier molecular flexibility index (Phi) is 5.31. The number of likely N-dealkylation sites (N-methyl/N-ethyl adjacent to an activating group) is 1. The molecule has 2 aromatic carbocycles. The van der Waals surface area contributed by atoms with Gasteiger partial charge in [0.1, 0.15) is 6.54 Å². The van der Waals surface area contributed by atoms with Gasteiger partial charge in [-0.1, -0.05) is 36.4 Å². The summed E-state index contributed by atoms with van der Waals surface area (Å²) in [4.78, 5) is 27.7. The lowest BCUT2D eigenvalue weighted by atomic mass is 10.2. The van der Waals surface area contributed by atoms with Crippen molar-refractivity contribution in [3.63, 3.8) is 0 Å². The van der Waals surface area contributed by atoms with Gasteiger partial charge in [0.15, 0.2) is 0 Å². The molecule has 0 fully saturated rings. The molecule has 0 atom stereocenters. The molecule has 0 saturated carbocycles. The first-order valence-corrected chi connectivity index (χ1v) is 7.32. The molecule has 0 N–H and O–H groups in total. The van der Waals surface area contributed by atoms with Crippen molar-refractivity contribution in [2.75, 3.05) is 22.9 Å². The van der Waals surface area contributed by atoms with Crippen LogP contribution in [0.25, 0.3) is 0 Å². The molecule has 0 radical (unpaired) electrons. The van der Waals surface area contributed by atoms with Crippen molar-refractivity contribution in [2.45, 2.75) is 13.8 Å². The largest absolute Gasteiger partial charge is 0.311 e. The van der Waals surface area contributed by atoms with Gasteiger partial charge in [-0.3, -0.25) is 9.59 Å². The van der Waals surface area contributed by atoms with E-state index in [-0.39, 0.29) is 18.4 Å². The number of hydrogen-bond donors (Lipinski definition) is 0. The van der Waals surface area contributed by atoms with E-state index in [1.165, 1.54) is 11.8 Å². The van der Waals surface area contributed by atoms with Crippen LogP contribution in [0.2, 0.25) is 0 Å². The van der Waals surface area contributed by atoms with Gasteiger partial charge >= 0.3 is 0 Å². The number of carbonyl (C=O) groups is 2. The van der Waals surface area contributed by atoms with E-state index in [9.17, 15) is 9.59 Å². The number of para-hydroxylation sites is 2. The number of carbonyl (C=O) groups excluding carboxylic acids is 2. The van der Waals surface area contributed by atoms with Gasteiger partial charge in [0, 0.05) is 24.8 Å². The summed E-state index contributed by atoms with van der Waals surface area (Å²) in [5.41, 5.74) is 1.57. The number of anilines is 2. The van der Waals surface area contributed by atoms with Crippen molar-refractivity contribution in [3.05, 3.63) is 60.7 Å². The first-order valence-electron chi connectivity index (χ1n) is 7.32. The van der Waals surface area contributed by atoms with E-state index < -0.39 is 0 Å². The van der Waals surface area contributed by atoms with Crippen molar-refractivity contribution in [3.8, 4) is 0 Å². The van der Waals surface area contributed by atoms with E-state index in [2.05, 4.69) is 0 Å². The molecular weight excluding hydrogens is 276 g/mol. The molecule has 0 aliphatic rings. The Morgan fingerprint density at radius 3 is 1.68 bits per heavy atom. The fourth-order valence-corrected chi connectivity index (χ4v) is 2.32. The molecule has 0 spiro atoms. The number of nitrogens with zero attached hydrogens (tertiary/aromatic N) is 2. The average Bonchev–Trinajstić information content (AvgIpc) is 2.55. The van der Waals surface area contributed by atoms with Crippen LogP contribution >= 0.6 is 0 Å². The third kappa shape index (κ3) is 3.73. The van der Waals surface area contributed by atoms with Gasteiger partial charge in [-0.15, -0.1) is 0 Å². The molecule has 0 unspecified atom stereocenters. The quantitative estimate of drug-likeness (QED) is 0.850. The van der Waals surface area contributed by atoms with Crippen LogP contribution in [0.3, 0.4) is 0 Å². The summed E-state index contributed by atoms with van der Waals surface area (Å²) in [6.45, 7) is 3.98. The Morgan fingerprint density at radius 2 is 1.27 bits per heavy atom. The predicted octanol–water partition coefficient (Wildman–Crippen LogP) is 3.09. The Bertz CT molecular complexity index is 626. The van der Waals surface area contributed by atoms with Gasteiger partial charge in [-0.25, -0.2) is 0 Å². The van der Waals surface area contributed by atoms with Crippen molar-refractivity contribution in [1.82, 2.24) is 0 Å². The smallest absolute Gasteiger partial charge is 0.247 e. The summed E-state index contributed by atoms with van der Waals surface area (Å²) in [5.74, 6) is -0.253. The van der Waals surface area contributed by atoms with Crippen molar-refractivity contribution in [1.29, 1.82) is 0 Å². The molecule has 0 heterocycles. The van der Waals surface area contributed by atoms with Crippen LogP contribution in [0.5, 0.6) is 0 Å². The minimum Gasteiger partial charge on any atom is -0.311 e. The highest BCUT2D eigenvalue weighted by atomic mass is 16.2. The van der Waals surface area contributed by atoms with Gasteiger partial charge in [-0.2, -0.15) is 0 Å². The van der Waals surface area contributed by atoms with Crippen molar-refractivity contribution in [2.24, 2.45) is 0 Å². The van der Waals surface area contributed by atoms with Crippen LogP contribution in [0.4, 0.5) is 11.4 Å². The first kappa shape index (κ1) is 15.8. The predicted molar refractivity (Wildman–Crippen MR) is 88.9 cm³/mol.